The summed E-state index contributed by atoms with van der Waals surface area (Å²) in [7, 11) is 3.46. The molecule has 4 aromatic rings. The van der Waals surface area contributed by atoms with E-state index >= 15 is 0 Å². The smallest absolute Gasteiger partial charge is 0.324 e. The molecule has 1 aliphatic heterocycles. The van der Waals surface area contributed by atoms with Crippen LogP contribution in [0.25, 0.3) is 0 Å². The monoisotopic (exact) mass is 542 g/mol. The van der Waals surface area contributed by atoms with Gasteiger partial charge in [-0.2, -0.15) is 0 Å². The van der Waals surface area contributed by atoms with Crippen molar-refractivity contribution in [3.8, 4) is 0 Å². The SMILES string of the molecule is CN1C(=O)N(C)C(C2(O)c3ccccc3CCc3ccccc32)C=C1C1(O)c2ccccc2CCc2ccccc21. The molecule has 2 aliphatic carbocycles. The number of amides is 2. The number of carbonyl (C=O) groups is 1. The van der Waals surface area contributed by atoms with E-state index in [1.54, 1.807) is 23.9 Å². The van der Waals surface area contributed by atoms with Gasteiger partial charge in [-0.1, -0.05) is 97.1 Å². The number of fused-ring (bicyclic) bond motifs is 4. The molecular formula is C36H34N2O3. The molecular weight excluding hydrogens is 508 g/mol. The minimum Gasteiger partial charge on any atom is -0.378 e. The molecule has 1 heterocycles. The Bertz CT molecular complexity index is 1610. The van der Waals surface area contributed by atoms with Gasteiger partial charge in [-0.3, -0.25) is 4.90 Å². The van der Waals surface area contributed by atoms with Gasteiger partial charge in [0.1, 0.15) is 5.60 Å². The Morgan fingerprint density at radius 2 is 0.976 bits per heavy atom. The van der Waals surface area contributed by atoms with Gasteiger partial charge in [0.25, 0.3) is 0 Å². The number of aliphatic hydroxyl groups is 2. The summed E-state index contributed by atoms with van der Waals surface area (Å²) < 4.78 is 0. The summed E-state index contributed by atoms with van der Waals surface area (Å²) in [6, 6.07) is 30.9. The Balaban J connectivity index is 1.53. The van der Waals surface area contributed by atoms with E-state index in [0.29, 0.717) is 5.70 Å². The van der Waals surface area contributed by atoms with E-state index in [1.165, 1.54) is 0 Å². The maximum atomic E-state index is 14.1. The van der Waals surface area contributed by atoms with Crippen molar-refractivity contribution in [2.45, 2.75) is 42.9 Å². The van der Waals surface area contributed by atoms with Crippen LogP contribution in [0.4, 0.5) is 4.79 Å². The summed E-state index contributed by atoms with van der Waals surface area (Å²) in [5.41, 5.74) is 4.69. The van der Waals surface area contributed by atoms with Crippen molar-refractivity contribution in [2.75, 3.05) is 14.1 Å². The van der Waals surface area contributed by atoms with E-state index in [9.17, 15) is 15.0 Å². The van der Waals surface area contributed by atoms with E-state index < -0.39 is 17.2 Å². The number of urea groups is 1. The van der Waals surface area contributed by atoms with Gasteiger partial charge in [-0.25, -0.2) is 4.79 Å². The second-order valence-electron chi connectivity index (χ2n) is 11.6. The number of aryl methyl sites for hydroxylation is 4. The zero-order valence-electron chi connectivity index (χ0n) is 23.4. The highest BCUT2D eigenvalue weighted by molar-refractivity contribution is 5.80. The summed E-state index contributed by atoms with van der Waals surface area (Å²) in [6.07, 6.45) is 5.09. The molecule has 0 radical (unpaired) electrons. The van der Waals surface area contributed by atoms with Crippen LogP contribution in [-0.2, 0) is 36.9 Å². The maximum absolute atomic E-state index is 14.1. The Morgan fingerprint density at radius 1 is 0.610 bits per heavy atom. The maximum Gasteiger partial charge on any atom is 0.324 e. The highest BCUT2D eigenvalue weighted by atomic mass is 16.3. The van der Waals surface area contributed by atoms with E-state index in [2.05, 4.69) is 24.3 Å². The number of hydrogen-bond donors (Lipinski definition) is 2. The van der Waals surface area contributed by atoms with Gasteiger partial charge in [-0.15, -0.1) is 0 Å². The van der Waals surface area contributed by atoms with Gasteiger partial charge in [0, 0.05) is 14.1 Å². The number of nitrogens with zero attached hydrogens (tertiary/aromatic N) is 2. The third-order valence-electron chi connectivity index (χ3n) is 9.48. The molecule has 1 atom stereocenters. The summed E-state index contributed by atoms with van der Waals surface area (Å²) in [4.78, 5) is 17.3. The topological polar surface area (TPSA) is 64.0 Å². The molecule has 3 aliphatic rings. The van der Waals surface area contributed by atoms with E-state index in [-0.39, 0.29) is 6.03 Å². The van der Waals surface area contributed by atoms with E-state index in [0.717, 1.165) is 70.2 Å². The highest BCUT2D eigenvalue weighted by Crippen LogP contribution is 2.49. The zero-order chi connectivity index (χ0) is 28.4. The molecule has 206 valence electrons. The number of hydrogen-bond acceptors (Lipinski definition) is 3. The Labute approximate surface area is 241 Å². The van der Waals surface area contributed by atoms with Crippen molar-refractivity contribution in [2.24, 2.45) is 0 Å². The van der Waals surface area contributed by atoms with Gasteiger partial charge in [0.05, 0.1) is 11.7 Å². The summed E-state index contributed by atoms with van der Waals surface area (Å²) >= 11 is 0. The van der Waals surface area contributed by atoms with Gasteiger partial charge < -0.3 is 15.1 Å². The molecule has 0 saturated heterocycles. The number of carbonyl (C=O) groups excluding carboxylic acids is 1. The predicted molar refractivity (Wildman–Crippen MR) is 159 cm³/mol. The average Bonchev–Trinajstić information content (AvgIpc) is 3.22. The van der Waals surface area contributed by atoms with Crippen molar-refractivity contribution in [1.29, 1.82) is 0 Å². The average molecular weight is 543 g/mol. The van der Waals surface area contributed by atoms with Gasteiger partial charge >= 0.3 is 6.03 Å². The lowest BCUT2D eigenvalue weighted by Crippen LogP contribution is -2.59. The largest absolute Gasteiger partial charge is 0.378 e. The summed E-state index contributed by atoms with van der Waals surface area (Å²) in [5, 5.41) is 26.1. The van der Waals surface area contributed by atoms with Crippen LogP contribution >= 0.6 is 0 Å². The Kier molecular flexibility index (Phi) is 5.93. The lowest BCUT2D eigenvalue weighted by atomic mass is 9.74. The van der Waals surface area contributed by atoms with Crippen LogP contribution in [0.15, 0.2) is 109 Å². The predicted octanol–water partition coefficient (Wildman–Crippen LogP) is 5.31. The standard InChI is InChI=1S/C36H34N2O3/c1-37-32(35(40)28-15-7-3-11-24(28)19-20-25-12-4-8-16-29(25)35)23-33(38(2)34(37)39)36(41)30-17-9-5-13-26(30)21-22-27-14-6-10-18-31(27)36/h3-18,23,32,40-41H,19-22H2,1-2H3. The van der Waals surface area contributed by atoms with Crippen LogP contribution in [-0.4, -0.2) is 46.2 Å². The van der Waals surface area contributed by atoms with Crippen LogP contribution in [0.2, 0.25) is 0 Å². The minimum atomic E-state index is -1.59. The molecule has 5 nitrogen and oxygen atoms in total. The van der Waals surface area contributed by atoms with E-state index in [1.807, 2.05) is 78.9 Å². The molecule has 1 unspecified atom stereocenters. The molecule has 41 heavy (non-hydrogen) atoms. The molecule has 2 amide bonds. The molecule has 0 bridgehead atoms. The third-order valence-corrected chi connectivity index (χ3v) is 9.48. The van der Waals surface area contributed by atoms with Crippen LogP contribution < -0.4 is 0 Å². The van der Waals surface area contributed by atoms with Crippen LogP contribution in [0.1, 0.15) is 44.5 Å². The summed E-state index contributed by atoms with van der Waals surface area (Å²) in [5.74, 6) is 0. The fraction of sp³-hybridized carbons (Fsp3) is 0.250. The second kappa shape index (κ2) is 9.44. The lowest BCUT2D eigenvalue weighted by Gasteiger charge is -2.48. The van der Waals surface area contributed by atoms with Crippen LogP contribution in [0, 0.1) is 0 Å². The fourth-order valence-corrected chi connectivity index (χ4v) is 7.42. The molecule has 0 fully saturated rings. The van der Waals surface area contributed by atoms with Gasteiger partial charge in [0.15, 0.2) is 5.60 Å². The first-order valence-electron chi connectivity index (χ1n) is 14.4. The zero-order valence-corrected chi connectivity index (χ0v) is 23.4. The summed E-state index contributed by atoms with van der Waals surface area (Å²) in [6.45, 7) is 0. The molecule has 0 spiro atoms. The van der Waals surface area contributed by atoms with Crippen LogP contribution in [0.5, 0.6) is 0 Å². The molecule has 0 aromatic heterocycles. The first-order valence-corrected chi connectivity index (χ1v) is 14.4. The highest BCUT2D eigenvalue weighted by Gasteiger charge is 2.52. The van der Waals surface area contributed by atoms with Crippen LogP contribution in [0.3, 0.4) is 0 Å². The third kappa shape index (κ3) is 3.66. The first kappa shape index (κ1) is 25.8. The van der Waals surface area contributed by atoms with Crippen molar-refractivity contribution >= 4 is 6.03 Å². The molecule has 5 heteroatoms. The Hall–Kier alpha value is -4.19. The van der Waals surface area contributed by atoms with Crippen molar-refractivity contribution < 1.29 is 15.0 Å². The van der Waals surface area contributed by atoms with Gasteiger partial charge in [0.2, 0.25) is 0 Å². The number of benzene rings is 4. The Morgan fingerprint density at radius 3 is 1.41 bits per heavy atom. The van der Waals surface area contributed by atoms with Crippen molar-refractivity contribution in [3.63, 3.8) is 0 Å². The molecule has 0 saturated carbocycles. The molecule has 7 rings (SSSR count). The second-order valence-corrected chi connectivity index (χ2v) is 11.6. The first-order chi connectivity index (χ1) is 19.8. The van der Waals surface area contributed by atoms with Crippen molar-refractivity contribution in [3.05, 3.63) is 153 Å². The van der Waals surface area contributed by atoms with Crippen molar-refractivity contribution in [1.82, 2.24) is 9.80 Å². The lowest BCUT2D eigenvalue weighted by molar-refractivity contribution is 0.00377. The van der Waals surface area contributed by atoms with Gasteiger partial charge in [-0.05, 0) is 76.3 Å². The number of likely N-dealkylation sites (N-methyl/N-ethyl adjacent to an activating group) is 2. The minimum absolute atomic E-state index is 0.284. The van der Waals surface area contributed by atoms with E-state index in [4.69, 9.17) is 0 Å². The quantitative estimate of drug-likeness (QED) is 0.361. The fourth-order valence-electron chi connectivity index (χ4n) is 7.42. The molecule has 4 aromatic carbocycles. The number of rotatable bonds is 2. The molecule has 2 N–H and O–H groups in total. The normalized spacial score (nSPS) is 20.5.